The third-order valence-corrected chi connectivity index (χ3v) is 5.34. The zero-order valence-electron chi connectivity index (χ0n) is 17.8. The van der Waals surface area contributed by atoms with Crippen molar-refractivity contribution in [2.24, 2.45) is 7.05 Å². The molecule has 8 nitrogen and oxygen atoms in total. The number of hydrogen-bond acceptors (Lipinski definition) is 4. The molecule has 0 saturated carbocycles. The van der Waals surface area contributed by atoms with Crippen LogP contribution in [0.25, 0.3) is 0 Å². The number of carbonyl (C=O) groups is 3. The van der Waals surface area contributed by atoms with E-state index in [1.54, 1.807) is 21.7 Å². The number of hydrogen-bond donors (Lipinski definition) is 1. The third-order valence-electron chi connectivity index (χ3n) is 5.34. The zero-order chi connectivity index (χ0) is 21.7. The minimum absolute atomic E-state index is 0.290. The van der Waals surface area contributed by atoms with Gasteiger partial charge in [-0.2, -0.15) is 5.10 Å². The Balaban J connectivity index is 1.79. The molecule has 3 amide bonds. The van der Waals surface area contributed by atoms with Crippen molar-refractivity contribution >= 4 is 17.7 Å². The van der Waals surface area contributed by atoms with Crippen molar-refractivity contribution < 1.29 is 14.4 Å². The number of nitrogens with one attached hydrogen (secondary N) is 1. The van der Waals surface area contributed by atoms with Gasteiger partial charge in [-0.05, 0) is 25.0 Å². The van der Waals surface area contributed by atoms with Crippen molar-refractivity contribution in [3.05, 3.63) is 53.3 Å². The van der Waals surface area contributed by atoms with Crippen molar-refractivity contribution in [2.75, 3.05) is 19.6 Å². The van der Waals surface area contributed by atoms with Gasteiger partial charge in [-0.3, -0.25) is 19.1 Å². The van der Waals surface area contributed by atoms with Gasteiger partial charge < -0.3 is 15.1 Å². The fourth-order valence-electron chi connectivity index (χ4n) is 3.71. The lowest BCUT2D eigenvalue weighted by Crippen LogP contribution is -2.57. The van der Waals surface area contributed by atoms with Gasteiger partial charge in [0.25, 0.3) is 0 Å². The normalized spacial score (nSPS) is 15.4. The first-order valence-electron chi connectivity index (χ1n) is 10.3. The van der Waals surface area contributed by atoms with Gasteiger partial charge in [0, 0.05) is 26.7 Å². The molecule has 30 heavy (non-hydrogen) atoms. The van der Waals surface area contributed by atoms with Gasteiger partial charge >= 0.3 is 11.8 Å². The minimum atomic E-state index is -0.856. The quantitative estimate of drug-likeness (QED) is 0.668. The van der Waals surface area contributed by atoms with Crippen LogP contribution in [0.2, 0.25) is 0 Å². The summed E-state index contributed by atoms with van der Waals surface area (Å²) in [7, 11) is 1.82. The van der Waals surface area contributed by atoms with Crippen LogP contribution in [0, 0.1) is 6.92 Å². The molecule has 0 unspecified atom stereocenters. The summed E-state index contributed by atoms with van der Waals surface area (Å²) in [6.45, 7) is 5.55. The van der Waals surface area contributed by atoms with E-state index in [0.29, 0.717) is 25.2 Å². The molecular weight excluding hydrogens is 382 g/mol. The van der Waals surface area contributed by atoms with Crippen molar-refractivity contribution in [3.8, 4) is 0 Å². The minimum Gasteiger partial charge on any atom is -0.348 e. The number of aryl methyl sites for hydroxylation is 2. The molecule has 1 atom stereocenters. The molecule has 3 rings (SSSR count). The van der Waals surface area contributed by atoms with E-state index in [1.165, 1.54) is 4.90 Å². The van der Waals surface area contributed by atoms with E-state index in [9.17, 15) is 14.4 Å². The fourth-order valence-corrected chi connectivity index (χ4v) is 3.71. The summed E-state index contributed by atoms with van der Waals surface area (Å²) in [6.07, 6.45) is 1.80. The molecule has 1 aliphatic rings. The summed E-state index contributed by atoms with van der Waals surface area (Å²) in [5.74, 6) is -1.48. The average molecular weight is 412 g/mol. The van der Waals surface area contributed by atoms with Crippen molar-refractivity contribution in [1.29, 1.82) is 0 Å². The first-order chi connectivity index (χ1) is 14.4. The van der Waals surface area contributed by atoms with Crippen LogP contribution in [0.1, 0.15) is 42.8 Å². The second-order valence-electron chi connectivity index (χ2n) is 7.58. The Bertz CT molecular complexity index is 909. The molecule has 1 saturated heterocycles. The van der Waals surface area contributed by atoms with Crippen LogP contribution >= 0.6 is 0 Å². The van der Waals surface area contributed by atoms with Crippen LogP contribution in [0.15, 0.2) is 36.4 Å². The zero-order valence-corrected chi connectivity index (χ0v) is 17.8. The standard InChI is InChI=1S/C22H29N5O3/c1-4-5-11-26-12-13-27(22(30)21(26)29)19(17-9-7-6-8-10-17)20(28)23-15-18-14-16(2)24-25(18)3/h6-10,14,19H,4-5,11-13,15H2,1-3H3,(H,23,28)/t19-/m1/s1. The van der Waals surface area contributed by atoms with E-state index < -0.39 is 17.9 Å². The Hall–Kier alpha value is -3.16. The highest BCUT2D eigenvalue weighted by atomic mass is 16.2. The van der Waals surface area contributed by atoms with Gasteiger partial charge in [-0.15, -0.1) is 0 Å². The highest BCUT2D eigenvalue weighted by molar-refractivity contribution is 6.35. The van der Waals surface area contributed by atoms with Gasteiger partial charge in [0.05, 0.1) is 17.9 Å². The lowest BCUT2D eigenvalue weighted by molar-refractivity contribution is -0.159. The fraction of sp³-hybridized carbons (Fsp3) is 0.455. The largest absolute Gasteiger partial charge is 0.348 e. The van der Waals surface area contributed by atoms with Crippen molar-refractivity contribution in [3.63, 3.8) is 0 Å². The molecule has 2 aromatic rings. The Morgan fingerprint density at radius 3 is 2.53 bits per heavy atom. The summed E-state index contributed by atoms with van der Waals surface area (Å²) < 4.78 is 1.72. The summed E-state index contributed by atoms with van der Waals surface area (Å²) in [5.41, 5.74) is 2.41. The highest BCUT2D eigenvalue weighted by Gasteiger charge is 2.39. The van der Waals surface area contributed by atoms with Crippen LogP contribution < -0.4 is 5.32 Å². The average Bonchev–Trinajstić information content (AvgIpc) is 3.07. The number of benzene rings is 1. The number of aromatic nitrogens is 2. The molecule has 0 aliphatic carbocycles. The first kappa shape index (κ1) is 21.5. The van der Waals surface area contributed by atoms with E-state index in [0.717, 1.165) is 24.2 Å². The molecule has 8 heteroatoms. The van der Waals surface area contributed by atoms with Crippen LogP contribution in [0.5, 0.6) is 0 Å². The molecule has 2 heterocycles. The molecule has 160 valence electrons. The third kappa shape index (κ3) is 4.69. The van der Waals surface area contributed by atoms with E-state index >= 15 is 0 Å². The van der Waals surface area contributed by atoms with Gasteiger partial charge in [-0.1, -0.05) is 43.7 Å². The van der Waals surface area contributed by atoms with Crippen molar-refractivity contribution in [1.82, 2.24) is 24.9 Å². The summed E-state index contributed by atoms with van der Waals surface area (Å²) >= 11 is 0. The Morgan fingerprint density at radius 1 is 1.17 bits per heavy atom. The van der Waals surface area contributed by atoms with E-state index in [-0.39, 0.29) is 12.5 Å². The molecule has 1 N–H and O–H groups in total. The maximum Gasteiger partial charge on any atom is 0.313 e. The smallest absolute Gasteiger partial charge is 0.313 e. The van der Waals surface area contributed by atoms with Crippen LogP contribution in [-0.2, 0) is 28.0 Å². The SMILES string of the molecule is CCCCN1CCN([C@@H](C(=O)NCc2cc(C)nn2C)c2ccccc2)C(=O)C1=O. The topological polar surface area (TPSA) is 87.5 Å². The number of carbonyl (C=O) groups excluding carboxylic acids is 3. The summed E-state index contributed by atoms with van der Waals surface area (Å²) in [6, 6.07) is 10.2. The van der Waals surface area contributed by atoms with Crippen LogP contribution in [0.4, 0.5) is 0 Å². The number of nitrogens with zero attached hydrogens (tertiary/aromatic N) is 4. The first-order valence-corrected chi connectivity index (χ1v) is 10.3. The highest BCUT2D eigenvalue weighted by Crippen LogP contribution is 2.24. The molecule has 0 radical (unpaired) electrons. The van der Waals surface area contributed by atoms with E-state index in [1.807, 2.05) is 45.2 Å². The Morgan fingerprint density at radius 2 is 1.90 bits per heavy atom. The number of unbranched alkanes of at least 4 members (excludes halogenated alkanes) is 1. The maximum absolute atomic E-state index is 13.2. The summed E-state index contributed by atoms with van der Waals surface area (Å²) in [5, 5.41) is 7.20. The lowest BCUT2D eigenvalue weighted by Gasteiger charge is -2.38. The van der Waals surface area contributed by atoms with Crippen molar-refractivity contribution in [2.45, 2.75) is 39.3 Å². The van der Waals surface area contributed by atoms with E-state index in [2.05, 4.69) is 10.4 Å². The van der Waals surface area contributed by atoms with Crippen LogP contribution in [0.3, 0.4) is 0 Å². The Labute approximate surface area is 176 Å². The number of amides is 3. The number of rotatable bonds is 8. The van der Waals surface area contributed by atoms with Gasteiger partial charge in [0.15, 0.2) is 0 Å². The molecule has 1 fully saturated rings. The molecule has 1 aliphatic heterocycles. The summed E-state index contributed by atoms with van der Waals surface area (Å²) in [4.78, 5) is 41.7. The Kier molecular flexibility index (Phi) is 6.87. The predicted octanol–water partition coefficient (Wildman–Crippen LogP) is 1.56. The maximum atomic E-state index is 13.2. The van der Waals surface area contributed by atoms with Gasteiger partial charge in [0.2, 0.25) is 5.91 Å². The second kappa shape index (κ2) is 9.56. The predicted molar refractivity (Wildman–Crippen MR) is 112 cm³/mol. The lowest BCUT2D eigenvalue weighted by atomic mass is 10.0. The van der Waals surface area contributed by atoms with Gasteiger partial charge in [-0.25, -0.2) is 0 Å². The monoisotopic (exact) mass is 411 g/mol. The molecule has 0 bridgehead atoms. The second-order valence-corrected chi connectivity index (χ2v) is 7.58. The molecule has 1 aromatic heterocycles. The molecule has 1 aromatic carbocycles. The van der Waals surface area contributed by atoms with Crippen LogP contribution in [-0.4, -0.2) is 56.9 Å². The molecular formula is C22H29N5O3. The number of piperazine rings is 1. The van der Waals surface area contributed by atoms with Gasteiger partial charge in [0.1, 0.15) is 6.04 Å². The van der Waals surface area contributed by atoms with E-state index in [4.69, 9.17) is 0 Å². The molecule has 0 spiro atoms.